The fraction of sp³-hybridized carbons (Fsp3) is 0.474. The van der Waals surface area contributed by atoms with Crippen molar-refractivity contribution in [1.29, 1.82) is 0 Å². The van der Waals surface area contributed by atoms with E-state index in [4.69, 9.17) is 9.47 Å². The molecule has 0 aromatic heterocycles. The van der Waals surface area contributed by atoms with Crippen LogP contribution in [0.5, 0.6) is 5.75 Å². The van der Waals surface area contributed by atoms with Gasteiger partial charge in [-0.15, -0.1) is 0 Å². The predicted molar refractivity (Wildman–Crippen MR) is 108 cm³/mol. The molecule has 1 N–H and O–H groups in total. The monoisotopic (exact) mass is 437 g/mol. The number of methoxy groups -OCH3 is 1. The van der Waals surface area contributed by atoms with E-state index in [0.717, 1.165) is 5.01 Å². The van der Waals surface area contributed by atoms with Crippen LogP contribution in [-0.4, -0.2) is 67.7 Å². The molecule has 2 aliphatic rings. The summed E-state index contributed by atoms with van der Waals surface area (Å²) in [5.74, 6) is -1.32. The van der Waals surface area contributed by atoms with Crippen molar-refractivity contribution in [3.63, 3.8) is 0 Å². The molecule has 2 aliphatic heterocycles. The molecule has 3 rings (SSSR count). The molecule has 10 nitrogen and oxygen atoms in total. The lowest BCUT2D eigenvalue weighted by molar-refractivity contribution is -0.147. The molecule has 1 aromatic carbocycles. The number of hydrogen-bond donors (Lipinski definition) is 1. The second-order valence-corrected chi connectivity index (χ2v) is 9.34. The van der Waals surface area contributed by atoms with E-state index in [0.29, 0.717) is 11.4 Å². The maximum Gasteiger partial charge on any atom is 0.355 e. The van der Waals surface area contributed by atoms with Gasteiger partial charge < -0.3 is 14.8 Å². The highest BCUT2D eigenvalue weighted by Crippen LogP contribution is 2.22. The molecule has 2 heterocycles. The molecule has 162 valence electrons. The number of esters is 1. The molecule has 0 unspecified atom stereocenters. The van der Waals surface area contributed by atoms with Crippen LogP contribution >= 0.6 is 0 Å². The van der Waals surface area contributed by atoms with Gasteiger partial charge in [0.1, 0.15) is 11.5 Å². The van der Waals surface area contributed by atoms with Gasteiger partial charge in [0.15, 0.2) is 15.9 Å². The largest absolute Gasteiger partial charge is 0.497 e. The topological polar surface area (TPSA) is 131 Å². The second kappa shape index (κ2) is 8.82. The molecule has 1 saturated heterocycles. The van der Waals surface area contributed by atoms with Crippen LogP contribution in [0, 0.1) is 0 Å². The van der Waals surface area contributed by atoms with Crippen molar-refractivity contribution < 1.29 is 32.3 Å². The minimum atomic E-state index is -3.21. The summed E-state index contributed by atoms with van der Waals surface area (Å²) in [6, 6.07) is 6.13. The Hall–Kier alpha value is -2.95. The first kappa shape index (κ1) is 21.8. The fourth-order valence-electron chi connectivity index (χ4n) is 3.20. The lowest BCUT2D eigenvalue weighted by Gasteiger charge is -2.27. The van der Waals surface area contributed by atoms with E-state index in [1.165, 1.54) is 14.0 Å². The van der Waals surface area contributed by atoms with E-state index >= 15 is 0 Å². The number of nitrogens with zero attached hydrogens (tertiary/aromatic N) is 2. The minimum Gasteiger partial charge on any atom is -0.497 e. The van der Waals surface area contributed by atoms with E-state index in [1.54, 1.807) is 24.3 Å². The number of carbonyl (C=O) groups excluding carboxylic acids is 3. The number of sulfone groups is 1. The zero-order chi connectivity index (χ0) is 21.9. The first-order valence-electron chi connectivity index (χ1n) is 9.44. The Kier molecular flexibility index (Phi) is 6.40. The molecular weight excluding hydrogens is 414 g/mol. The molecule has 0 radical (unpaired) electrons. The van der Waals surface area contributed by atoms with Gasteiger partial charge >= 0.3 is 5.97 Å². The van der Waals surface area contributed by atoms with Gasteiger partial charge in [0, 0.05) is 24.6 Å². The van der Waals surface area contributed by atoms with Gasteiger partial charge in [0.25, 0.3) is 5.91 Å². The maximum absolute atomic E-state index is 12.5. The number of nitrogens with one attached hydrogen (secondary N) is 1. The van der Waals surface area contributed by atoms with Crippen LogP contribution in [0.15, 0.2) is 29.4 Å². The van der Waals surface area contributed by atoms with Crippen LogP contribution in [-0.2, 0) is 29.0 Å². The van der Waals surface area contributed by atoms with Crippen LogP contribution in [0.1, 0.15) is 26.2 Å². The van der Waals surface area contributed by atoms with Gasteiger partial charge in [-0.05, 0) is 25.5 Å². The van der Waals surface area contributed by atoms with Gasteiger partial charge in [0.05, 0.1) is 24.7 Å². The molecule has 2 atom stereocenters. The van der Waals surface area contributed by atoms with Gasteiger partial charge in [-0.2, -0.15) is 5.10 Å². The Bertz CT molecular complexity index is 990. The molecule has 0 bridgehead atoms. The number of hydrazone groups is 1. The van der Waals surface area contributed by atoms with E-state index < -0.39 is 33.9 Å². The average molecular weight is 437 g/mol. The summed E-state index contributed by atoms with van der Waals surface area (Å²) >= 11 is 0. The van der Waals surface area contributed by atoms with Crippen molar-refractivity contribution in [1.82, 2.24) is 5.01 Å². The molecule has 30 heavy (non-hydrogen) atoms. The first-order chi connectivity index (χ1) is 14.2. The lowest BCUT2D eigenvalue weighted by atomic mass is 10.1. The number of benzene rings is 1. The SMILES string of the molecule is COc1cccc(NC(=O)[C@H](C)OC(=O)C2=NN([C@H]3CCS(=O)(=O)C3)C(=O)CC2)c1. The van der Waals surface area contributed by atoms with Crippen molar-refractivity contribution in [2.24, 2.45) is 5.10 Å². The third-order valence-corrected chi connectivity index (χ3v) is 6.59. The molecule has 2 amide bonds. The van der Waals surface area contributed by atoms with Crippen LogP contribution in [0.4, 0.5) is 5.69 Å². The third kappa shape index (κ3) is 5.15. The highest BCUT2D eigenvalue weighted by Gasteiger charge is 2.37. The van der Waals surface area contributed by atoms with E-state index in [1.807, 2.05) is 0 Å². The van der Waals surface area contributed by atoms with Crippen LogP contribution in [0.2, 0.25) is 0 Å². The van der Waals surface area contributed by atoms with Gasteiger partial charge in [-0.1, -0.05) is 6.07 Å². The van der Waals surface area contributed by atoms with Crippen molar-refractivity contribution >= 4 is 39.0 Å². The molecule has 0 spiro atoms. The molecular formula is C19H23N3O7S. The number of anilines is 1. The summed E-state index contributed by atoms with van der Waals surface area (Å²) in [7, 11) is -1.71. The van der Waals surface area contributed by atoms with E-state index in [9.17, 15) is 22.8 Å². The summed E-state index contributed by atoms with van der Waals surface area (Å²) in [5.41, 5.74) is 0.469. The molecule has 1 aromatic rings. The Balaban J connectivity index is 1.63. The average Bonchev–Trinajstić information content (AvgIpc) is 3.07. The number of carbonyl (C=O) groups is 3. The number of hydrogen-bond acceptors (Lipinski definition) is 8. The maximum atomic E-state index is 12.5. The summed E-state index contributed by atoms with van der Waals surface area (Å²) in [6.07, 6.45) is -0.740. The molecule has 11 heteroatoms. The Morgan fingerprint density at radius 1 is 1.30 bits per heavy atom. The predicted octanol–water partition coefficient (Wildman–Crippen LogP) is 0.731. The number of amides is 2. The van der Waals surface area contributed by atoms with Gasteiger partial charge in [0.2, 0.25) is 5.91 Å². The van der Waals surface area contributed by atoms with Crippen LogP contribution < -0.4 is 10.1 Å². The highest BCUT2D eigenvalue weighted by atomic mass is 32.2. The summed E-state index contributed by atoms with van der Waals surface area (Å²) in [4.78, 5) is 36.9. The first-order valence-corrected chi connectivity index (χ1v) is 11.3. The Morgan fingerprint density at radius 3 is 2.73 bits per heavy atom. The number of rotatable bonds is 6. The zero-order valence-corrected chi connectivity index (χ0v) is 17.5. The smallest absolute Gasteiger partial charge is 0.355 e. The van der Waals surface area contributed by atoms with Crippen molar-refractivity contribution in [3.8, 4) is 5.75 Å². The minimum absolute atomic E-state index is 0.0140. The summed E-state index contributed by atoms with van der Waals surface area (Å²) < 4.78 is 33.7. The Morgan fingerprint density at radius 2 is 2.07 bits per heavy atom. The standard InChI is InChI=1S/C19H23N3O7S/c1-12(18(24)20-13-4-3-5-15(10-13)28-2)29-19(25)16-6-7-17(23)22(21-16)14-8-9-30(26,27)11-14/h3-5,10,12,14H,6-9,11H2,1-2H3,(H,20,24)/t12-,14-/m0/s1. The lowest BCUT2D eigenvalue weighted by Crippen LogP contribution is -2.42. The van der Waals surface area contributed by atoms with E-state index in [-0.39, 0.29) is 42.4 Å². The number of ether oxygens (including phenoxy) is 2. The van der Waals surface area contributed by atoms with Crippen molar-refractivity contribution in [2.45, 2.75) is 38.3 Å². The highest BCUT2D eigenvalue weighted by molar-refractivity contribution is 7.91. The van der Waals surface area contributed by atoms with Gasteiger partial charge in [-0.25, -0.2) is 18.2 Å². The normalized spacial score (nSPS) is 21.5. The Labute approximate surface area is 174 Å². The quantitative estimate of drug-likeness (QED) is 0.649. The summed E-state index contributed by atoms with van der Waals surface area (Å²) in [6.45, 7) is 1.42. The van der Waals surface area contributed by atoms with Crippen LogP contribution in [0.25, 0.3) is 0 Å². The molecule has 1 fully saturated rings. The van der Waals surface area contributed by atoms with Crippen LogP contribution in [0.3, 0.4) is 0 Å². The molecule has 0 saturated carbocycles. The van der Waals surface area contributed by atoms with Gasteiger partial charge in [-0.3, -0.25) is 9.59 Å². The van der Waals surface area contributed by atoms with Crippen molar-refractivity contribution in [2.75, 3.05) is 23.9 Å². The third-order valence-electron chi connectivity index (χ3n) is 4.84. The van der Waals surface area contributed by atoms with E-state index in [2.05, 4.69) is 10.4 Å². The zero-order valence-electron chi connectivity index (χ0n) is 16.7. The van der Waals surface area contributed by atoms with Crippen molar-refractivity contribution in [3.05, 3.63) is 24.3 Å². The fourth-order valence-corrected chi connectivity index (χ4v) is 4.89. The molecule has 0 aliphatic carbocycles. The second-order valence-electron chi connectivity index (χ2n) is 7.11. The summed E-state index contributed by atoms with van der Waals surface area (Å²) in [5, 5.41) is 7.74.